The Morgan fingerprint density at radius 1 is 0.259 bits per heavy atom. The van der Waals surface area contributed by atoms with Gasteiger partial charge in [-0.2, -0.15) is 0 Å². The summed E-state index contributed by atoms with van der Waals surface area (Å²) in [7, 11) is 0. The lowest BCUT2D eigenvalue weighted by atomic mass is 9.83. The van der Waals surface area contributed by atoms with Gasteiger partial charge in [-0.25, -0.2) is 0 Å². The molecule has 2 heterocycles. The Kier molecular flexibility index (Phi) is 6.47. The van der Waals surface area contributed by atoms with Gasteiger partial charge in [-0.05, 0) is 112 Å². The summed E-state index contributed by atoms with van der Waals surface area (Å²) in [6.07, 6.45) is 0. The van der Waals surface area contributed by atoms with Crippen LogP contribution in [0.15, 0.2) is 203 Å². The van der Waals surface area contributed by atoms with E-state index in [2.05, 4.69) is 182 Å². The van der Waals surface area contributed by atoms with E-state index in [1.165, 1.54) is 76.3 Å². The maximum absolute atomic E-state index is 6.66. The number of furan rings is 2. The summed E-state index contributed by atoms with van der Waals surface area (Å²) in [6.45, 7) is 0. The molecule has 0 aliphatic heterocycles. The highest BCUT2D eigenvalue weighted by Gasteiger charge is 2.21. The zero-order chi connectivity index (χ0) is 37.9. The van der Waals surface area contributed by atoms with Gasteiger partial charge >= 0.3 is 0 Å². The molecule has 0 aliphatic carbocycles. The van der Waals surface area contributed by atoms with E-state index in [0.29, 0.717) is 0 Å². The van der Waals surface area contributed by atoms with Crippen molar-refractivity contribution in [2.45, 2.75) is 0 Å². The molecule has 0 amide bonds. The molecule has 0 radical (unpaired) electrons. The molecule has 0 N–H and O–H groups in total. The second-order valence-electron chi connectivity index (χ2n) is 15.5. The molecule has 0 fully saturated rings. The molecule has 0 atom stereocenters. The fourth-order valence-corrected chi connectivity index (χ4v) is 9.95. The van der Waals surface area contributed by atoms with Crippen LogP contribution >= 0.6 is 0 Å². The van der Waals surface area contributed by atoms with Gasteiger partial charge in [0.2, 0.25) is 0 Å². The molecule has 0 saturated heterocycles. The smallest absolute Gasteiger partial charge is 0.143 e. The fourth-order valence-electron chi connectivity index (χ4n) is 9.95. The third-order valence-corrected chi connectivity index (χ3v) is 12.5. The highest BCUT2D eigenvalue weighted by Crippen LogP contribution is 2.48. The second-order valence-corrected chi connectivity index (χ2v) is 15.5. The number of fused-ring (bicyclic) bond motifs is 13. The third kappa shape index (κ3) is 4.37. The van der Waals surface area contributed by atoms with E-state index in [9.17, 15) is 0 Å². The summed E-state index contributed by atoms with van der Waals surface area (Å²) in [6, 6.07) is 70.3. The van der Waals surface area contributed by atoms with E-state index in [0.717, 1.165) is 54.8 Å². The summed E-state index contributed by atoms with van der Waals surface area (Å²) in [4.78, 5) is 0. The zero-order valence-electron chi connectivity index (χ0n) is 31.3. The van der Waals surface area contributed by atoms with Crippen molar-refractivity contribution < 1.29 is 8.83 Å². The van der Waals surface area contributed by atoms with Gasteiger partial charge in [0, 0.05) is 26.9 Å². The van der Waals surface area contributed by atoms with Crippen LogP contribution in [-0.2, 0) is 0 Å². The minimum absolute atomic E-state index is 0.862. The first-order valence-corrected chi connectivity index (χ1v) is 19.9. The number of benzene rings is 11. The van der Waals surface area contributed by atoms with Crippen LogP contribution in [-0.4, -0.2) is 0 Å². The van der Waals surface area contributed by atoms with Crippen molar-refractivity contribution in [1.29, 1.82) is 0 Å². The van der Waals surface area contributed by atoms with E-state index in [-0.39, 0.29) is 0 Å². The molecule has 0 unspecified atom stereocenters. The first-order chi connectivity index (χ1) is 28.8. The molecule has 13 aromatic rings. The van der Waals surface area contributed by atoms with Crippen LogP contribution in [0.2, 0.25) is 0 Å². The molecular formula is C56H32O2. The van der Waals surface area contributed by atoms with Gasteiger partial charge in [-0.3, -0.25) is 0 Å². The second kappa shape index (κ2) is 11.9. The van der Waals surface area contributed by atoms with Gasteiger partial charge in [0.05, 0.1) is 0 Å². The van der Waals surface area contributed by atoms with Crippen molar-refractivity contribution in [1.82, 2.24) is 0 Å². The van der Waals surface area contributed by atoms with Gasteiger partial charge in [0.1, 0.15) is 22.3 Å². The molecule has 13 rings (SSSR count). The van der Waals surface area contributed by atoms with E-state index in [1.807, 2.05) is 12.1 Å². The zero-order valence-corrected chi connectivity index (χ0v) is 31.3. The Balaban J connectivity index is 1.02. The molecule has 0 bridgehead atoms. The van der Waals surface area contributed by atoms with Crippen molar-refractivity contribution in [2.75, 3.05) is 0 Å². The molecule has 268 valence electrons. The molecule has 11 aromatic carbocycles. The Morgan fingerprint density at radius 3 is 1.43 bits per heavy atom. The van der Waals surface area contributed by atoms with Gasteiger partial charge in [0.15, 0.2) is 0 Å². The lowest BCUT2D eigenvalue weighted by Crippen LogP contribution is -1.93. The van der Waals surface area contributed by atoms with Crippen molar-refractivity contribution in [3.63, 3.8) is 0 Å². The van der Waals surface area contributed by atoms with E-state index in [4.69, 9.17) is 8.83 Å². The quantitative estimate of drug-likeness (QED) is 0.169. The van der Waals surface area contributed by atoms with Crippen molar-refractivity contribution in [2.24, 2.45) is 0 Å². The van der Waals surface area contributed by atoms with Crippen LogP contribution < -0.4 is 0 Å². The molecule has 2 heteroatoms. The van der Waals surface area contributed by atoms with Gasteiger partial charge in [-0.15, -0.1) is 0 Å². The van der Waals surface area contributed by atoms with Gasteiger partial charge in [-0.1, -0.05) is 164 Å². The summed E-state index contributed by atoms with van der Waals surface area (Å²) in [5.74, 6) is 0. The molecule has 2 nitrogen and oxygen atoms in total. The number of rotatable bonds is 3. The first-order valence-electron chi connectivity index (χ1n) is 19.9. The number of hydrogen-bond donors (Lipinski definition) is 0. The summed E-state index contributed by atoms with van der Waals surface area (Å²) in [5, 5.41) is 16.6. The van der Waals surface area contributed by atoms with E-state index >= 15 is 0 Å². The van der Waals surface area contributed by atoms with Crippen LogP contribution in [0.1, 0.15) is 0 Å². The Bertz CT molecular complexity index is 3800. The lowest BCUT2D eigenvalue weighted by molar-refractivity contribution is 0.664. The topological polar surface area (TPSA) is 26.3 Å². The summed E-state index contributed by atoms with van der Waals surface area (Å²) in [5.41, 5.74) is 10.8. The number of hydrogen-bond acceptors (Lipinski definition) is 2. The standard InChI is InChI=1S/C56H32O2/c1-3-15-36-33(12-1)14-11-23-41(36)52-42-19-7-9-21-44(42)53(45-22-10-8-20-43(45)52)46-29-28-37(39-17-5-6-18-40(39)46)35-25-26-47-51(32-35)57-49-30-31-50-55(54(47)49)48-27-24-34-13-2-4-16-38(34)56(48)58-50/h1-32H. The summed E-state index contributed by atoms with van der Waals surface area (Å²) < 4.78 is 13.2. The molecule has 0 aliphatic rings. The predicted octanol–water partition coefficient (Wildman–Crippen LogP) is 16.3. The Morgan fingerprint density at radius 2 is 0.741 bits per heavy atom. The molecular weight excluding hydrogens is 705 g/mol. The van der Waals surface area contributed by atoms with Crippen molar-refractivity contribution >= 4 is 97.7 Å². The average Bonchev–Trinajstić information content (AvgIpc) is 3.86. The highest BCUT2D eigenvalue weighted by atomic mass is 16.3. The molecule has 0 saturated carbocycles. The third-order valence-electron chi connectivity index (χ3n) is 12.5. The first kappa shape index (κ1) is 31.5. The van der Waals surface area contributed by atoms with E-state index < -0.39 is 0 Å². The Labute approximate surface area is 332 Å². The van der Waals surface area contributed by atoms with Crippen molar-refractivity contribution in [3.8, 4) is 33.4 Å². The minimum Gasteiger partial charge on any atom is -0.456 e. The van der Waals surface area contributed by atoms with Crippen LogP contribution in [0, 0.1) is 0 Å². The highest BCUT2D eigenvalue weighted by molar-refractivity contribution is 6.29. The van der Waals surface area contributed by atoms with Crippen LogP contribution in [0.3, 0.4) is 0 Å². The average molecular weight is 737 g/mol. The maximum Gasteiger partial charge on any atom is 0.143 e. The maximum atomic E-state index is 6.66. The van der Waals surface area contributed by atoms with Crippen LogP contribution in [0.5, 0.6) is 0 Å². The monoisotopic (exact) mass is 736 g/mol. The lowest BCUT2D eigenvalue weighted by Gasteiger charge is -2.20. The molecule has 0 spiro atoms. The SMILES string of the molecule is c1ccc2c(-c3c4ccccc4c(-c4ccc(-c5ccc6c(c5)oc5ccc7oc8c9ccccc9ccc8c7c56)c5ccccc45)c4ccccc34)cccc2c1. The minimum atomic E-state index is 0.862. The predicted molar refractivity (Wildman–Crippen MR) is 245 cm³/mol. The van der Waals surface area contributed by atoms with Gasteiger partial charge in [0.25, 0.3) is 0 Å². The largest absolute Gasteiger partial charge is 0.456 e. The van der Waals surface area contributed by atoms with E-state index in [1.54, 1.807) is 0 Å². The van der Waals surface area contributed by atoms with Crippen LogP contribution in [0.25, 0.3) is 131 Å². The normalized spacial score (nSPS) is 12.1. The fraction of sp³-hybridized carbons (Fsp3) is 0. The molecule has 2 aromatic heterocycles. The van der Waals surface area contributed by atoms with Crippen LogP contribution in [0.4, 0.5) is 0 Å². The van der Waals surface area contributed by atoms with Crippen molar-refractivity contribution in [3.05, 3.63) is 194 Å². The Hall–Kier alpha value is -7.68. The van der Waals surface area contributed by atoms with Gasteiger partial charge < -0.3 is 8.83 Å². The summed E-state index contributed by atoms with van der Waals surface area (Å²) >= 11 is 0. The molecule has 58 heavy (non-hydrogen) atoms.